The maximum absolute atomic E-state index is 11.9. The number of allylic oxidation sites excluding steroid dienone is 1. The number of ether oxygens (including phenoxy) is 1. The molecule has 0 amide bonds. The highest BCUT2D eigenvalue weighted by atomic mass is 16.6. The Bertz CT molecular complexity index is 253. The molecule has 1 fully saturated rings. The molecule has 0 unspecified atom stereocenters. The monoisotopic (exact) mass is 211 g/mol. The summed E-state index contributed by atoms with van der Waals surface area (Å²) in [4.78, 5) is 11.9. The van der Waals surface area contributed by atoms with Gasteiger partial charge in [-0.25, -0.2) is 0 Å². The smallest absolute Gasteiger partial charge is 0.311 e. The molecular weight excluding hydrogens is 190 g/mol. The summed E-state index contributed by atoms with van der Waals surface area (Å²) in [6.45, 7) is 9.27. The van der Waals surface area contributed by atoms with Crippen molar-refractivity contribution in [3.63, 3.8) is 0 Å². The SMILES string of the molecule is C/C=C/[C@@H]1CNC[C@H]1C(=O)OC(C)(C)C. The van der Waals surface area contributed by atoms with Crippen LogP contribution in [0.15, 0.2) is 12.2 Å². The van der Waals surface area contributed by atoms with Gasteiger partial charge in [0, 0.05) is 19.0 Å². The summed E-state index contributed by atoms with van der Waals surface area (Å²) in [6, 6.07) is 0. The summed E-state index contributed by atoms with van der Waals surface area (Å²) >= 11 is 0. The van der Waals surface area contributed by atoms with Crippen LogP contribution in [0.1, 0.15) is 27.7 Å². The molecule has 3 nitrogen and oxygen atoms in total. The summed E-state index contributed by atoms with van der Waals surface area (Å²) in [5, 5.41) is 3.22. The van der Waals surface area contributed by atoms with Gasteiger partial charge in [0.2, 0.25) is 0 Å². The van der Waals surface area contributed by atoms with E-state index in [9.17, 15) is 4.79 Å². The fourth-order valence-corrected chi connectivity index (χ4v) is 1.78. The van der Waals surface area contributed by atoms with Crippen LogP contribution in [0.5, 0.6) is 0 Å². The molecule has 0 radical (unpaired) electrons. The first kappa shape index (κ1) is 12.2. The zero-order valence-electron chi connectivity index (χ0n) is 10.0. The van der Waals surface area contributed by atoms with Crippen LogP contribution in [0, 0.1) is 11.8 Å². The Morgan fingerprint density at radius 3 is 2.60 bits per heavy atom. The molecule has 0 bridgehead atoms. The second-order valence-corrected chi connectivity index (χ2v) is 4.99. The lowest BCUT2D eigenvalue weighted by atomic mass is 9.95. The first-order valence-electron chi connectivity index (χ1n) is 5.50. The van der Waals surface area contributed by atoms with E-state index in [1.807, 2.05) is 33.8 Å². The van der Waals surface area contributed by atoms with Crippen molar-refractivity contribution in [3.8, 4) is 0 Å². The van der Waals surface area contributed by atoms with Gasteiger partial charge in [0.15, 0.2) is 0 Å². The Labute approximate surface area is 91.9 Å². The molecule has 15 heavy (non-hydrogen) atoms. The van der Waals surface area contributed by atoms with E-state index < -0.39 is 0 Å². The van der Waals surface area contributed by atoms with E-state index in [4.69, 9.17) is 4.74 Å². The van der Waals surface area contributed by atoms with Gasteiger partial charge in [0.05, 0.1) is 5.92 Å². The highest BCUT2D eigenvalue weighted by molar-refractivity contribution is 5.74. The molecule has 0 aromatic rings. The topological polar surface area (TPSA) is 38.3 Å². The molecular formula is C12H21NO2. The van der Waals surface area contributed by atoms with E-state index in [0.29, 0.717) is 0 Å². The standard InChI is InChI=1S/C12H21NO2/c1-5-6-9-7-13-8-10(9)11(14)15-12(2,3)4/h5-6,9-10,13H,7-8H2,1-4H3/b6-5+/t9-,10-/m1/s1. The van der Waals surface area contributed by atoms with Crippen molar-refractivity contribution in [2.24, 2.45) is 11.8 Å². The van der Waals surface area contributed by atoms with Crippen molar-refractivity contribution in [1.29, 1.82) is 0 Å². The van der Waals surface area contributed by atoms with Crippen LogP contribution in [0.2, 0.25) is 0 Å². The molecule has 1 N–H and O–H groups in total. The highest BCUT2D eigenvalue weighted by Crippen LogP contribution is 2.22. The van der Waals surface area contributed by atoms with Gasteiger partial charge >= 0.3 is 5.97 Å². The Kier molecular flexibility index (Phi) is 3.91. The van der Waals surface area contributed by atoms with E-state index in [-0.39, 0.29) is 23.4 Å². The number of carbonyl (C=O) groups excluding carboxylic acids is 1. The first-order valence-corrected chi connectivity index (χ1v) is 5.50. The maximum atomic E-state index is 11.9. The second-order valence-electron chi connectivity index (χ2n) is 4.99. The third-order valence-electron chi connectivity index (χ3n) is 2.41. The average Bonchev–Trinajstić information content (AvgIpc) is 2.49. The molecule has 0 aromatic carbocycles. The van der Waals surface area contributed by atoms with Gasteiger partial charge in [-0.15, -0.1) is 0 Å². The summed E-state index contributed by atoms with van der Waals surface area (Å²) in [6.07, 6.45) is 4.07. The van der Waals surface area contributed by atoms with Crippen molar-refractivity contribution >= 4 is 5.97 Å². The quantitative estimate of drug-likeness (QED) is 0.558. The number of esters is 1. The Balaban J connectivity index is 2.59. The molecule has 1 heterocycles. The lowest BCUT2D eigenvalue weighted by molar-refractivity contribution is -0.160. The van der Waals surface area contributed by atoms with Crippen molar-refractivity contribution in [1.82, 2.24) is 5.32 Å². The van der Waals surface area contributed by atoms with Gasteiger partial charge < -0.3 is 10.1 Å². The minimum atomic E-state index is -0.389. The van der Waals surface area contributed by atoms with Gasteiger partial charge in [-0.3, -0.25) is 4.79 Å². The van der Waals surface area contributed by atoms with E-state index in [1.165, 1.54) is 0 Å². The molecule has 0 aromatic heterocycles. The van der Waals surface area contributed by atoms with E-state index in [1.54, 1.807) is 0 Å². The van der Waals surface area contributed by atoms with Gasteiger partial charge in [-0.05, 0) is 27.7 Å². The Morgan fingerprint density at radius 2 is 2.07 bits per heavy atom. The minimum Gasteiger partial charge on any atom is -0.460 e. The number of nitrogens with one attached hydrogen (secondary N) is 1. The zero-order chi connectivity index (χ0) is 11.5. The third-order valence-corrected chi connectivity index (χ3v) is 2.41. The average molecular weight is 211 g/mol. The van der Waals surface area contributed by atoms with Crippen LogP contribution in [0.3, 0.4) is 0 Å². The molecule has 0 spiro atoms. The molecule has 1 aliphatic rings. The van der Waals surface area contributed by atoms with Crippen LogP contribution in [0.25, 0.3) is 0 Å². The molecule has 1 aliphatic heterocycles. The van der Waals surface area contributed by atoms with Crippen molar-refractivity contribution < 1.29 is 9.53 Å². The van der Waals surface area contributed by atoms with Crippen LogP contribution < -0.4 is 5.32 Å². The predicted molar refractivity (Wildman–Crippen MR) is 60.5 cm³/mol. The number of hydrogen-bond acceptors (Lipinski definition) is 3. The van der Waals surface area contributed by atoms with Crippen molar-refractivity contribution in [3.05, 3.63) is 12.2 Å². The zero-order valence-corrected chi connectivity index (χ0v) is 10.0. The summed E-state index contributed by atoms with van der Waals surface area (Å²) in [5.41, 5.74) is -0.389. The fraction of sp³-hybridized carbons (Fsp3) is 0.750. The number of hydrogen-bond donors (Lipinski definition) is 1. The summed E-state index contributed by atoms with van der Waals surface area (Å²) in [5.74, 6) is 0.167. The molecule has 86 valence electrons. The third kappa shape index (κ3) is 3.67. The fourth-order valence-electron chi connectivity index (χ4n) is 1.78. The molecule has 2 atom stereocenters. The molecule has 1 saturated heterocycles. The Morgan fingerprint density at radius 1 is 1.40 bits per heavy atom. The van der Waals surface area contributed by atoms with Crippen LogP contribution in [-0.2, 0) is 9.53 Å². The van der Waals surface area contributed by atoms with Crippen molar-refractivity contribution in [2.45, 2.75) is 33.3 Å². The van der Waals surface area contributed by atoms with Gasteiger partial charge in [-0.1, -0.05) is 12.2 Å². The molecule has 1 rings (SSSR count). The molecule has 0 aliphatic carbocycles. The van der Waals surface area contributed by atoms with E-state index in [0.717, 1.165) is 13.1 Å². The minimum absolute atomic E-state index is 0.0274. The summed E-state index contributed by atoms with van der Waals surface area (Å²) < 4.78 is 5.39. The van der Waals surface area contributed by atoms with Crippen LogP contribution in [0.4, 0.5) is 0 Å². The van der Waals surface area contributed by atoms with E-state index >= 15 is 0 Å². The lowest BCUT2D eigenvalue weighted by Gasteiger charge is -2.23. The maximum Gasteiger partial charge on any atom is 0.311 e. The largest absolute Gasteiger partial charge is 0.460 e. The van der Waals surface area contributed by atoms with Crippen molar-refractivity contribution in [2.75, 3.05) is 13.1 Å². The predicted octanol–water partition coefficient (Wildman–Crippen LogP) is 1.74. The molecule has 3 heteroatoms. The highest BCUT2D eigenvalue weighted by Gasteiger charge is 2.34. The molecule has 0 saturated carbocycles. The van der Waals surface area contributed by atoms with Gasteiger partial charge in [-0.2, -0.15) is 0 Å². The second kappa shape index (κ2) is 4.79. The lowest BCUT2D eigenvalue weighted by Crippen LogP contribution is -2.31. The van der Waals surface area contributed by atoms with Gasteiger partial charge in [0.25, 0.3) is 0 Å². The van der Waals surface area contributed by atoms with Crippen LogP contribution >= 0.6 is 0 Å². The number of carbonyl (C=O) groups is 1. The Hall–Kier alpha value is -0.830. The van der Waals surface area contributed by atoms with Gasteiger partial charge in [0.1, 0.15) is 5.60 Å². The van der Waals surface area contributed by atoms with E-state index in [2.05, 4.69) is 11.4 Å². The van der Waals surface area contributed by atoms with Crippen LogP contribution in [-0.4, -0.2) is 24.7 Å². The normalized spacial score (nSPS) is 27.2. The summed E-state index contributed by atoms with van der Waals surface area (Å²) in [7, 11) is 0. The number of rotatable bonds is 2. The first-order chi connectivity index (χ1) is 6.94.